The number of ether oxygens (including phenoxy) is 1. The number of methoxy groups -OCH3 is 1. The molecule has 0 amide bonds. The molecule has 1 heterocycles. The summed E-state index contributed by atoms with van der Waals surface area (Å²) in [6, 6.07) is 10.3. The third kappa shape index (κ3) is 3.08. The minimum absolute atomic E-state index is 0.0303. The van der Waals surface area contributed by atoms with Crippen LogP contribution in [-0.4, -0.2) is 34.7 Å². The molecule has 2 aromatic carbocycles. The van der Waals surface area contributed by atoms with Gasteiger partial charge < -0.3 is 4.74 Å². The molecule has 0 N–H and O–H groups in total. The van der Waals surface area contributed by atoms with Gasteiger partial charge in [-0.05, 0) is 36.8 Å². The maximum absolute atomic E-state index is 12.1. The van der Waals surface area contributed by atoms with E-state index in [1.54, 1.807) is 36.4 Å². The molecule has 0 spiro atoms. The van der Waals surface area contributed by atoms with Crippen LogP contribution in [0.25, 0.3) is 22.1 Å². The molecule has 24 heavy (non-hydrogen) atoms. The van der Waals surface area contributed by atoms with Crippen LogP contribution in [-0.2, 0) is 4.74 Å². The number of aromatic nitrogens is 2. The van der Waals surface area contributed by atoms with E-state index in [0.717, 1.165) is 0 Å². The van der Waals surface area contributed by atoms with Gasteiger partial charge in [0.05, 0.1) is 29.2 Å². The summed E-state index contributed by atoms with van der Waals surface area (Å²) < 4.78 is 4.78. The summed E-state index contributed by atoms with van der Waals surface area (Å²) in [4.78, 5) is 33.0. The zero-order valence-corrected chi connectivity index (χ0v) is 13.8. The lowest BCUT2D eigenvalue weighted by atomic mass is 10.1. The number of carbonyl (C=O) groups excluding carboxylic acids is 2. The molecule has 5 nitrogen and oxygen atoms in total. The fraction of sp³-hybridized carbons (Fsp3) is 0.222. The summed E-state index contributed by atoms with van der Waals surface area (Å²) in [5.74, 6) is 0.0324. The Hall–Kier alpha value is -2.53. The number of hydrogen-bond donors (Lipinski definition) is 0. The molecule has 3 rings (SSSR count). The Bertz CT molecular complexity index is 940. The van der Waals surface area contributed by atoms with Gasteiger partial charge >= 0.3 is 5.97 Å². The van der Waals surface area contributed by atoms with Gasteiger partial charge in [-0.1, -0.05) is 6.07 Å². The summed E-state index contributed by atoms with van der Waals surface area (Å²) in [6.07, 6.45) is 1.05. The lowest BCUT2D eigenvalue weighted by Crippen LogP contribution is -2.04. The molecule has 0 atom stereocenters. The Morgan fingerprint density at radius 1 is 1.08 bits per heavy atom. The first-order valence-electron chi connectivity index (χ1n) is 7.52. The van der Waals surface area contributed by atoms with Crippen LogP contribution in [0.5, 0.6) is 0 Å². The zero-order chi connectivity index (χ0) is 17.1. The monoisotopic (exact) mass is 342 g/mol. The minimum atomic E-state index is -0.456. The number of para-hydroxylation sites is 1. The molecule has 3 aromatic rings. The Labute approximate surface area is 143 Å². The van der Waals surface area contributed by atoms with Crippen molar-refractivity contribution in [3.05, 3.63) is 47.5 Å². The lowest BCUT2D eigenvalue weighted by molar-refractivity contribution is 0.0602. The molecule has 0 fully saturated rings. The van der Waals surface area contributed by atoms with E-state index >= 15 is 0 Å². The summed E-state index contributed by atoms with van der Waals surface area (Å²) in [7, 11) is 1.33. The van der Waals surface area contributed by atoms with Crippen molar-refractivity contribution in [1.29, 1.82) is 0 Å². The van der Waals surface area contributed by atoms with Crippen LogP contribution in [0.1, 0.15) is 33.6 Å². The highest BCUT2D eigenvalue weighted by molar-refractivity contribution is 6.18. The molecule has 0 aliphatic rings. The maximum atomic E-state index is 12.1. The highest BCUT2D eigenvalue weighted by atomic mass is 35.5. The number of halogens is 1. The normalized spacial score (nSPS) is 10.9. The van der Waals surface area contributed by atoms with Gasteiger partial charge in [0.1, 0.15) is 5.52 Å². The molecule has 0 saturated heterocycles. The number of fused-ring (bicyclic) bond motifs is 2. The van der Waals surface area contributed by atoms with Crippen LogP contribution < -0.4 is 0 Å². The number of alkyl halides is 1. The van der Waals surface area contributed by atoms with Crippen molar-refractivity contribution in [2.24, 2.45) is 0 Å². The van der Waals surface area contributed by atoms with Crippen LogP contribution in [0.3, 0.4) is 0 Å². The lowest BCUT2D eigenvalue weighted by Gasteiger charge is -2.06. The van der Waals surface area contributed by atoms with Gasteiger partial charge in [-0.25, -0.2) is 14.8 Å². The van der Waals surface area contributed by atoms with Gasteiger partial charge in [0.2, 0.25) is 0 Å². The van der Waals surface area contributed by atoms with Crippen LogP contribution in [0.15, 0.2) is 36.4 Å². The van der Waals surface area contributed by atoms with Crippen molar-refractivity contribution >= 4 is 45.4 Å². The average Bonchev–Trinajstić information content (AvgIpc) is 2.62. The predicted octanol–water partition coefficient (Wildman–Crippen LogP) is 3.77. The van der Waals surface area contributed by atoms with E-state index in [1.165, 1.54) is 7.11 Å². The third-order valence-corrected chi connectivity index (χ3v) is 4.00. The zero-order valence-electron chi connectivity index (χ0n) is 13.1. The van der Waals surface area contributed by atoms with Gasteiger partial charge in [0, 0.05) is 17.9 Å². The number of hydrogen-bond acceptors (Lipinski definition) is 5. The fourth-order valence-electron chi connectivity index (χ4n) is 2.52. The number of Topliss-reactive ketones (excluding diaryl/α,β-unsaturated/α-hetero) is 1. The Morgan fingerprint density at radius 2 is 1.92 bits per heavy atom. The smallest absolute Gasteiger partial charge is 0.340 e. The van der Waals surface area contributed by atoms with Crippen molar-refractivity contribution < 1.29 is 14.3 Å². The van der Waals surface area contributed by atoms with Crippen molar-refractivity contribution in [3.63, 3.8) is 0 Å². The number of esters is 1. The van der Waals surface area contributed by atoms with Crippen molar-refractivity contribution in [2.45, 2.75) is 12.8 Å². The second-order valence-electron chi connectivity index (χ2n) is 5.31. The number of ketones is 1. The van der Waals surface area contributed by atoms with Crippen molar-refractivity contribution in [2.75, 3.05) is 13.0 Å². The van der Waals surface area contributed by atoms with Crippen molar-refractivity contribution in [3.8, 4) is 0 Å². The first-order chi connectivity index (χ1) is 11.6. The molecule has 0 saturated carbocycles. The third-order valence-electron chi connectivity index (χ3n) is 3.73. The quantitative estimate of drug-likeness (QED) is 0.305. The molecular formula is C18H15ClN2O3. The number of benzene rings is 2. The fourth-order valence-corrected chi connectivity index (χ4v) is 2.65. The van der Waals surface area contributed by atoms with Crippen LogP contribution in [0, 0.1) is 0 Å². The summed E-state index contributed by atoms with van der Waals surface area (Å²) in [5, 5.41) is 0. The highest BCUT2D eigenvalue weighted by Gasteiger charge is 2.14. The molecule has 0 bridgehead atoms. The van der Waals surface area contributed by atoms with Gasteiger partial charge in [-0.3, -0.25) is 4.79 Å². The molecule has 122 valence electrons. The maximum Gasteiger partial charge on any atom is 0.340 e. The van der Waals surface area contributed by atoms with Gasteiger partial charge in [-0.15, -0.1) is 11.6 Å². The molecule has 0 aliphatic heterocycles. The largest absolute Gasteiger partial charge is 0.465 e. The predicted molar refractivity (Wildman–Crippen MR) is 92.7 cm³/mol. The first kappa shape index (κ1) is 16.3. The second-order valence-corrected chi connectivity index (χ2v) is 5.69. The Kier molecular flexibility index (Phi) is 4.71. The average molecular weight is 343 g/mol. The molecule has 0 radical (unpaired) electrons. The van der Waals surface area contributed by atoms with E-state index in [9.17, 15) is 9.59 Å². The first-order valence-corrected chi connectivity index (χ1v) is 8.05. The standard InChI is InChI=1S/C18H15ClN2O3/c1-24-18(23)12-4-2-5-14-17(12)21-13-8-7-11(10-15(13)20-14)16(22)6-3-9-19/h2,4-5,7-8,10H,3,6,9H2,1H3. The van der Waals surface area contributed by atoms with Crippen LogP contribution in [0.2, 0.25) is 0 Å². The van der Waals surface area contributed by atoms with E-state index in [2.05, 4.69) is 9.97 Å². The second kappa shape index (κ2) is 6.93. The molecule has 6 heteroatoms. The van der Waals surface area contributed by atoms with Crippen molar-refractivity contribution in [1.82, 2.24) is 9.97 Å². The van der Waals surface area contributed by atoms with Crippen LogP contribution >= 0.6 is 11.6 Å². The number of nitrogens with zero attached hydrogens (tertiary/aromatic N) is 2. The topological polar surface area (TPSA) is 69.2 Å². The number of carbonyl (C=O) groups is 2. The highest BCUT2D eigenvalue weighted by Crippen LogP contribution is 2.21. The molecular weight excluding hydrogens is 328 g/mol. The summed E-state index contributed by atoms with van der Waals surface area (Å²) in [5.41, 5.74) is 3.25. The SMILES string of the molecule is COC(=O)c1cccc2nc3cc(C(=O)CCCCl)ccc3nc12. The Balaban J connectivity index is 2.11. The van der Waals surface area contributed by atoms with Gasteiger partial charge in [0.15, 0.2) is 5.78 Å². The summed E-state index contributed by atoms with van der Waals surface area (Å²) >= 11 is 5.63. The van der Waals surface area contributed by atoms with Gasteiger partial charge in [-0.2, -0.15) is 0 Å². The number of rotatable bonds is 5. The minimum Gasteiger partial charge on any atom is -0.465 e. The molecule has 0 aliphatic carbocycles. The van der Waals surface area contributed by atoms with E-state index in [4.69, 9.17) is 16.3 Å². The van der Waals surface area contributed by atoms with E-state index in [0.29, 0.717) is 51.9 Å². The molecule has 0 unspecified atom stereocenters. The molecule has 1 aromatic heterocycles. The van der Waals surface area contributed by atoms with Crippen LogP contribution in [0.4, 0.5) is 0 Å². The van der Waals surface area contributed by atoms with E-state index in [-0.39, 0.29) is 5.78 Å². The van der Waals surface area contributed by atoms with E-state index < -0.39 is 5.97 Å². The van der Waals surface area contributed by atoms with Gasteiger partial charge in [0.25, 0.3) is 0 Å². The summed E-state index contributed by atoms with van der Waals surface area (Å²) in [6.45, 7) is 0. The Morgan fingerprint density at radius 3 is 2.67 bits per heavy atom. The van der Waals surface area contributed by atoms with E-state index in [1.807, 2.05) is 0 Å².